The van der Waals surface area contributed by atoms with Gasteiger partial charge in [0.2, 0.25) is 0 Å². The maximum atomic E-state index is 5.17. The van der Waals surface area contributed by atoms with Crippen molar-refractivity contribution in [3.05, 3.63) is 0 Å². The fourth-order valence-electron chi connectivity index (χ4n) is 2.06. The normalized spacial score (nSPS) is 14.5. The van der Waals surface area contributed by atoms with Crippen LogP contribution in [-0.2, 0) is 4.74 Å². The highest BCUT2D eigenvalue weighted by atomic mass is 16.5. The first-order chi connectivity index (χ1) is 6.14. The van der Waals surface area contributed by atoms with Gasteiger partial charge in [-0.15, -0.1) is 0 Å². The van der Waals surface area contributed by atoms with Crippen LogP contribution in [0.15, 0.2) is 0 Å². The maximum absolute atomic E-state index is 5.17. The Morgan fingerprint density at radius 3 is 1.85 bits per heavy atom. The van der Waals surface area contributed by atoms with E-state index < -0.39 is 0 Å². The molecule has 0 aromatic rings. The summed E-state index contributed by atoms with van der Waals surface area (Å²) < 4.78 is 6.40. The first kappa shape index (κ1) is 12.9. The Balaban J connectivity index is 4.07. The summed E-state index contributed by atoms with van der Waals surface area (Å²) in [4.78, 5) is 0. The van der Waals surface area contributed by atoms with Crippen molar-refractivity contribution >= 4 is 0 Å². The molecule has 0 N–H and O–H groups in total. The van der Waals surface area contributed by atoms with E-state index in [4.69, 9.17) is 4.74 Å². The number of rotatable bonds is 7. The van der Waals surface area contributed by atoms with E-state index in [1.807, 2.05) is 0 Å². The van der Waals surface area contributed by atoms with Gasteiger partial charge < -0.3 is 9.22 Å². The molecule has 0 aromatic heterocycles. The van der Waals surface area contributed by atoms with E-state index in [-0.39, 0.29) is 0 Å². The first-order valence-corrected chi connectivity index (χ1v) is 5.48. The smallest absolute Gasteiger partial charge is 0.0834 e. The molecule has 1 atom stereocenters. The fourth-order valence-corrected chi connectivity index (χ4v) is 2.06. The lowest BCUT2D eigenvalue weighted by Gasteiger charge is -2.37. The third-order valence-electron chi connectivity index (χ3n) is 3.16. The van der Waals surface area contributed by atoms with Crippen LogP contribution in [0.5, 0.6) is 0 Å². The minimum atomic E-state index is 0.671. The third-order valence-corrected chi connectivity index (χ3v) is 3.16. The van der Waals surface area contributed by atoms with Crippen molar-refractivity contribution in [3.8, 4) is 0 Å². The Hall–Kier alpha value is -0.0800. The van der Waals surface area contributed by atoms with Gasteiger partial charge in [-0.2, -0.15) is 0 Å². The van der Waals surface area contributed by atoms with Gasteiger partial charge in [-0.1, -0.05) is 6.92 Å². The van der Waals surface area contributed by atoms with E-state index in [0.29, 0.717) is 5.92 Å². The topological polar surface area (TPSA) is 9.23 Å². The Labute approximate surface area is 83.5 Å². The molecule has 0 heterocycles. The third kappa shape index (κ3) is 4.10. The Morgan fingerprint density at radius 2 is 1.54 bits per heavy atom. The van der Waals surface area contributed by atoms with Crippen LogP contribution in [0.3, 0.4) is 0 Å². The van der Waals surface area contributed by atoms with Crippen molar-refractivity contribution in [1.29, 1.82) is 0 Å². The molecular formula is C11H26NO+. The van der Waals surface area contributed by atoms with Gasteiger partial charge in [-0.05, 0) is 20.8 Å². The van der Waals surface area contributed by atoms with Crippen LogP contribution >= 0.6 is 0 Å². The van der Waals surface area contributed by atoms with Crippen LogP contribution in [0.2, 0.25) is 0 Å². The molecule has 1 unspecified atom stereocenters. The average Bonchev–Trinajstić information content (AvgIpc) is 2.15. The van der Waals surface area contributed by atoms with Crippen molar-refractivity contribution in [2.24, 2.45) is 5.92 Å². The van der Waals surface area contributed by atoms with Crippen LogP contribution in [0.25, 0.3) is 0 Å². The number of ether oxygens (including phenoxy) is 1. The zero-order valence-corrected chi connectivity index (χ0v) is 9.97. The summed E-state index contributed by atoms with van der Waals surface area (Å²) in [5, 5.41) is 0. The summed E-state index contributed by atoms with van der Waals surface area (Å²) in [6.07, 6.45) is 0. The summed E-state index contributed by atoms with van der Waals surface area (Å²) in [6, 6.07) is 0. The summed E-state index contributed by atoms with van der Waals surface area (Å²) >= 11 is 0. The van der Waals surface area contributed by atoms with Crippen molar-refractivity contribution in [3.63, 3.8) is 0 Å². The predicted octanol–water partition coefficient (Wildman–Crippen LogP) is 2.15. The standard InChI is InChI=1S/C11H26NO/c1-6-12(7-2,8-3)9-11(4)10-13-5/h11H,6-10H2,1-5H3/q+1. The van der Waals surface area contributed by atoms with Crippen LogP contribution in [0, 0.1) is 5.92 Å². The summed E-state index contributed by atoms with van der Waals surface area (Å²) in [5.74, 6) is 0.671. The van der Waals surface area contributed by atoms with E-state index in [0.717, 1.165) is 6.61 Å². The van der Waals surface area contributed by atoms with Gasteiger partial charge in [0.05, 0.1) is 32.8 Å². The highest BCUT2D eigenvalue weighted by Gasteiger charge is 2.23. The second kappa shape index (κ2) is 6.39. The lowest BCUT2D eigenvalue weighted by atomic mass is 10.1. The molecule has 0 aliphatic rings. The Kier molecular flexibility index (Phi) is 6.35. The monoisotopic (exact) mass is 188 g/mol. The van der Waals surface area contributed by atoms with Crippen molar-refractivity contribution in [1.82, 2.24) is 0 Å². The molecule has 2 nitrogen and oxygen atoms in total. The molecule has 0 amide bonds. The summed E-state index contributed by atoms with van der Waals surface area (Å²) in [6.45, 7) is 15.0. The maximum Gasteiger partial charge on any atom is 0.0834 e. The lowest BCUT2D eigenvalue weighted by molar-refractivity contribution is -0.926. The van der Waals surface area contributed by atoms with Crippen LogP contribution < -0.4 is 0 Å². The molecule has 80 valence electrons. The molecule has 0 spiro atoms. The zero-order chi connectivity index (χ0) is 10.3. The quantitative estimate of drug-likeness (QED) is 0.556. The molecule has 0 radical (unpaired) electrons. The molecule has 0 fully saturated rings. The van der Waals surface area contributed by atoms with Gasteiger partial charge in [0, 0.05) is 13.0 Å². The van der Waals surface area contributed by atoms with Crippen LogP contribution in [-0.4, -0.2) is 44.4 Å². The van der Waals surface area contributed by atoms with Crippen molar-refractivity contribution in [2.75, 3.05) is 39.9 Å². The minimum Gasteiger partial charge on any atom is -0.384 e. The summed E-state index contributed by atoms with van der Waals surface area (Å²) in [7, 11) is 1.79. The minimum absolute atomic E-state index is 0.671. The van der Waals surface area contributed by atoms with Gasteiger partial charge in [-0.25, -0.2) is 0 Å². The Morgan fingerprint density at radius 1 is 1.08 bits per heavy atom. The molecule has 0 rings (SSSR count). The molecule has 0 saturated carbocycles. The second-order valence-corrected chi connectivity index (χ2v) is 4.03. The van der Waals surface area contributed by atoms with E-state index in [1.54, 1.807) is 7.11 Å². The van der Waals surface area contributed by atoms with Gasteiger partial charge >= 0.3 is 0 Å². The van der Waals surface area contributed by atoms with Crippen molar-refractivity contribution < 1.29 is 9.22 Å². The van der Waals surface area contributed by atoms with Crippen molar-refractivity contribution in [2.45, 2.75) is 27.7 Å². The first-order valence-electron chi connectivity index (χ1n) is 5.48. The van der Waals surface area contributed by atoms with E-state index >= 15 is 0 Å². The highest BCUT2D eigenvalue weighted by molar-refractivity contribution is 4.50. The summed E-state index contributed by atoms with van der Waals surface area (Å²) in [5.41, 5.74) is 0. The molecule has 0 aliphatic carbocycles. The number of nitrogens with zero attached hydrogens (tertiary/aromatic N) is 1. The number of hydrogen-bond acceptors (Lipinski definition) is 1. The molecule has 0 bridgehead atoms. The molecule has 13 heavy (non-hydrogen) atoms. The zero-order valence-electron chi connectivity index (χ0n) is 9.97. The predicted molar refractivity (Wildman–Crippen MR) is 57.8 cm³/mol. The van der Waals surface area contributed by atoms with E-state index in [1.165, 1.54) is 30.7 Å². The number of quaternary nitrogens is 1. The number of methoxy groups -OCH3 is 1. The molecule has 0 aliphatic heterocycles. The fraction of sp³-hybridized carbons (Fsp3) is 1.00. The average molecular weight is 188 g/mol. The van der Waals surface area contributed by atoms with Crippen LogP contribution in [0.4, 0.5) is 0 Å². The van der Waals surface area contributed by atoms with E-state index in [2.05, 4.69) is 27.7 Å². The molecular weight excluding hydrogens is 162 g/mol. The molecule has 0 aromatic carbocycles. The number of hydrogen-bond donors (Lipinski definition) is 0. The second-order valence-electron chi connectivity index (χ2n) is 4.03. The lowest BCUT2D eigenvalue weighted by Crippen LogP contribution is -2.50. The van der Waals surface area contributed by atoms with Gasteiger partial charge in [0.15, 0.2) is 0 Å². The largest absolute Gasteiger partial charge is 0.384 e. The molecule has 2 heteroatoms. The molecule has 0 saturated heterocycles. The van der Waals surface area contributed by atoms with Gasteiger partial charge in [-0.3, -0.25) is 0 Å². The van der Waals surface area contributed by atoms with Gasteiger partial charge in [0.1, 0.15) is 0 Å². The van der Waals surface area contributed by atoms with Gasteiger partial charge in [0.25, 0.3) is 0 Å². The SMILES string of the molecule is CC[N+](CC)(CC)CC(C)COC. The highest BCUT2D eigenvalue weighted by Crippen LogP contribution is 2.11. The van der Waals surface area contributed by atoms with E-state index in [9.17, 15) is 0 Å². The Bertz CT molecular complexity index is 113. The van der Waals surface area contributed by atoms with Crippen LogP contribution in [0.1, 0.15) is 27.7 Å².